The third kappa shape index (κ3) is 2.92. The zero-order valence-corrected chi connectivity index (χ0v) is 12.0. The standard InChI is InChI=1S/C15H19NO4/c1-4-7-13-14(19-10(2)17)11-8-5-6-9-12(11)15(20-13)16-18-3/h5-6,8-9,13-14H,4,7H2,1-3H3/b16-15-/t13-,14-/m0/s1. The van der Waals surface area contributed by atoms with E-state index in [1.807, 2.05) is 24.3 Å². The molecule has 1 aliphatic heterocycles. The van der Waals surface area contributed by atoms with Gasteiger partial charge in [-0.1, -0.05) is 31.5 Å². The van der Waals surface area contributed by atoms with Crippen molar-refractivity contribution in [3.05, 3.63) is 35.4 Å². The Morgan fingerprint density at radius 3 is 2.80 bits per heavy atom. The molecule has 0 radical (unpaired) electrons. The van der Waals surface area contributed by atoms with Crippen molar-refractivity contribution in [3.8, 4) is 0 Å². The van der Waals surface area contributed by atoms with Crippen molar-refractivity contribution in [2.75, 3.05) is 7.11 Å². The van der Waals surface area contributed by atoms with E-state index < -0.39 is 6.10 Å². The van der Waals surface area contributed by atoms with Crippen LogP contribution in [0.25, 0.3) is 0 Å². The molecule has 20 heavy (non-hydrogen) atoms. The number of nitrogens with zero attached hydrogens (tertiary/aromatic N) is 1. The van der Waals surface area contributed by atoms with Gasteiger partial charge in [0.05, 0.1) is 0 Å². The number of ether oxygens (including phenoxy) is 2. The van der Waals surface area contributed by atoms with E-state index in [1.165, 1.54) is 14.0 Å². The first-order valence-electron chi connectivity index (χ1n) is 6.71. The first-order chi connectivity index (χ1) is 9.67. The van der Waals surface area contributed by atoms with Gasteiger partial charge in [0.2, 0.25) is 0 Å². The zero-order valence-electron chi connectivity index (χ0n) is 12.0. The predicted molar refractivity (Wildman–Crippen MR) is 74.3 cm³/mol. The van der Waals surface area contributed by atoms with E-state index >= 15 is 0 Å². The van der Waals surface area contributed by atoms with Crippen molar-refractivity contribution in [1.82, 2.24) is 0 Å². The van der Waals surface area contributed by atoms with Crippen LogP contribution in [0.15, 0.2) is 29.4 Å². The van der Waals surface area contributed by atoms with Crippen molar-refractivity contribution in [2.45, 2.75) is 38.9 Å². The normalized spacial score (nSPS) is 22.9. The van der Waals surface area contributed by atoms with Crippen LogP contribution in [0.2, 0.25) is 0 Å². The Labute approximate surface area is 118 Å². The highest BCUT2D eigenvalue weighted by Crippen LogP contribution is 2.34. The van der Waals surface area contributed by atoms with E-state index in [-0.39, 0.29) is 12.1 Å². The van der Waals surface area contributed by atoms with E-state index in [0.29, 0.717) is 5.90 Å². The number of rotatable bonds is 4. The van der Waals surface area contributed by atoms with Crippen LogP contribution in [0.5, 0.6) is 0 Å². The van der Waals surface area contributed by atoms with Gasteiger partial charge in [-0.05, 0) is 17.6 Å². The molecule has 0 aromatic heterocycles. The van der Waals surface area contributed by atoms with Gasteiger partial charge in [-0.15, -0.1) is 0 Å². The van der Waals surface area contributed by atoms with E-state index in [1.54, 1.807) is 0 Å². The topological polar surface area (TPSA) is 57.1 Å². The lowest BCUT2D eigenvalue weighted by Gasteiger charge is -2.33. The lowest BCUT2D eigenvalue weighted by molar-refractivity contribution is -0.153. The maximum Gasteiger partial charge on any atom is 0.303 e. The van der Waals surface area contributed by atoms with Crippen molar-refractivity contribution in [2.24, 2.45) is 5.16 Å². The number of esters is 1. The molecular weight excluding hydrogens is 258 g/mol. The third-order valence-electron chi connectivity index (χ3n) is 3.14. The van der Waals surface area contributed by atoms with Gasteiger partial charge < -0.3 is 14.3 Å². The Hall–Kier alpha value is -2.04. The number of carbonyl (C=O) groups excluding carboxylic acids is 1. The molecule has 5 heteroatoms. The monoisotopic (exact) mass is 277 g/mol. The van der Waals surface area contributed by atoms with Gasteiger partial charge in [0.1, 0.15) is 13.2 Å². The van der Waals surface area contributed by atoms with Crippen LogP contribution in [0.4, 0.5) is 0 Å². The van der Waals surface area contributed by atoms with Crippen LogP contribution in [-0.4, -0.2) is 25.1 Å². The Bertz CT molecular complexity index is 512. The number of carbonyl (C=O) groups is 1. The van der Waals surface area contributed by atoms with Gasteiger partial charge in [0.15, 0.2) is 6.10 Å². The summed E-state index contributed by atoms with van der Waals surface area (Å²) in [5.74, 6) is 0.117. The number of hydrogen-bond acceptors (Lipinski definition) is 5. The van der Waals surface area contributed by atoms with Gasteiger partial charge in [-0.3, -0.25) is 4.79 Å². The average Bonchev–Trinajstić information content (AvgIpc) is 2.43. The quantitative estimate of drug-likeness (QED) is 0.627. The highest BCUT2D eigenvalue weighted by Gasteiger charge is 2.36. The van der Waals surface area contributed by atoms with Crippen LogP contribution in [0.3, 0.4) is 0 Å². The summed E-state index contributed by atoms with van der Waals surface area (Å²) in [6.45, 7) is 3.46. The van der Waals surface area contributed by atoms with Crippen molar-refractivity contribution >= 4 is 11.9 Å². The molecule has 2 atom stereocenters. The van der Waals surface area contributed by atoms with Crippen LogP contribution < -0.4 is 0 Å². The fraction of sp³-hybridized carbons (Fsp3) is 0.467. The smallest absolute Gasteiger partial charge is 0.303 e. The average molecular weight is 277 g/mol. The van der Waals surface area contributed by atoms with Crippen molar-refractivity contribution < 1.29 is 19.1 Å². The van der Waals surface area contributed by atoms with E-state index in [0.717, 1.165) is 24.0 Å². The maximum absolute atomic E-state index is 11.3. The summed E-state index contributed by atoms with van der Waals surface area (Å²) in [6.07, 6.45) is 1.05. The lowest BCUT2D eigenvalue weighted by Crippen LogP contribution is -2.35. The minimum atomic E-state index is -0.403. The second-order valence-corrected chi connectivity index (χ2v) is 4.64. The first-order valence-corrected chi connectivity index (χ1v) is 6.71. The Morgan fingerprint density at radius 1 is 1.40 bits per heavy atom. The minimum absolute atomic E-state index is 0.243. The summed E-state index contributed by atoms with van der Waals surface area (Å²) in [5, 5.41) is 3.93. The van der Waals surface area contributed by atoms with Gasteiger partial charge in [-0.25, -0.2) is 0 Å². The lowest BCUT2D eigenvalue weighted by atomic mass is 9.93. The summed E-state index contributed by atoms with van der Waals surface area (Å²) in [7, 11) is 1.48. The molecule has 1 aromatic rings. The van der Waals surface area contributed by atoms with E-state index in [9.17, 15) is 4.79 Å². The van der Waals surface area contributed by atoms with Gasteiger partial charge in [0.25, 0.3) is 5.90 Å². The molecule has 0 saturated carbocycles. The summed E-state index contributed by atoms with van der Waals surface area (Å²) in [5.41, 5.74) is 1.70. The molecule has 5 nitrogen and oxygen atoms in total. The van der Waals surface area contributed by atoms with Crippen LogP contribution in [0.1, 0.15) is 43.9 Å². The van der Waals surface area contributed by atoms with Crippen LogP contribution >= 0.6 is 0 Å². The van der Waals surface area contributed by atoms with E-state index in [4.69, 9.17) is 14.3 Å². The van der Waals surface area contributed by atoms with Crippen LogP contribution in [0, 0.1) is 0 Å². The molecule has 0 unspecified atom stereocenters. The Morgan fingerprint density at radius 2 is 2.15 bits per heavy atom. The highest BCUT2D eigenvalue weighted by molar-refractivity contribution is 5.96. The molecule has 1 heterocycles. The number of oxime groups is 1. The first kappa shape index (κ1) is 14.4. The minimum Gasteiger partial charge on any atom is -0.468 e. The maximum atomic E-state index is 11.3. The highest BCUT2D eigenvalue weighted by atomic mass is 16.6. The molecule has 0 aliphatic carbocycles. The fourth-order valence-corrected chi connectivity index (χ4v) is 2.38. The number of hydrogen-bond donors (Lipinski definition) is 0. The second-order valence-electron chi connectivity index (χ2n) is 4.64. The Kier molecular flexibility index (Phi) is 4.61. The molecule has 0 saturated heterocycles. The second kappa shape index (κ2) is 6.41. The zero-order chi connectivity index (χ0) is 14.5. The molecule has 1 aliphatic rings. The van der Waals surface area contributed by atoms with Crippen LogP contribution in [-0.2, 0) is 19.1 Å². The summed E-state index contributed by atoms with van der Waals surface area (Å²) in [6, 6.07) is 7.61. The fourth-order valence-electron chi connectivity index (χ4n) is 2.38. The Balaban J connectivity index is 2.44. The number of benzene rings is 1. The molecule has 1 aromatic carbocycles. The van der Waals surface area contributed by atoms with Gasteiger partial charge in [0, 0.05) is 18.1 Å². The molecule has 0 spiro atoms. The molecule has 0 amide bonds. The van der Waals surface area contributed by atoms with Crippen molar-refractivity contribution in [3.63, 3.8) is 0 Å². The predicted octanol–water partition coefficient (Wildman–Crippen LogP) is 2.80. The molecule has 2 rings (SSSR count). The SMILES string of the molecule is CCC[C@@H]1O/C(=N\OC)c2ccccc2[C@@H]1OC(C)=O. The molecule has 0 N–H and O–H groups in total. The molecule has 0 fully saturated rings. The molecular formula is C15H19NO4. The van der Waals surface area contributed by atoms with Gasteiger partial charge >= 0.3 is 5.97 Å². The number of fused-ring (bicyclic) bond motifs is 1. The van der Waals surface area contributed by atoms with Crippen molar-refractivity contribution in [1.29, 1.82) is 0 Å². The summed E-state index contributed by atoms with van der Waals surface area (Å²) < 4.78 is 11.3. The summed E-state index contributed by atoms with van der Waals surface area (Å²) in [4.78, 5) is 16.2. The van der Waals surface area contributed by atoms with E-state index in [2.05, 4.69) is 12.1 Å². The summed E-state index contributed by atoms with van der Waals surface area (Å²) >= 11 is 0. The molecule has 0 bridgehead atoms. The third-order valence-corrected chi connectivity index (χ3v) is 3.14. The van der Waals surface area contributed by atoms with Gasteiger partial charge in [-0.2, -0.15) is 0 Å². The molecule has 108 valence electrons. The largest absolute Gasteiger partial charge is 0.468 e.